The Labute approximate surface area is 817 Å². The molecule has 10 aromatic rings. The first kappa shape index (κ1) is 107. The summed E-state index contributed by atoms with van der Waals surface area (Å²) in [6.07, 6.45) is 8.38. The lowest BCUT2D eigenvalue weighted by Gasteiger charge is -2.38. The normalized spacial score (nSPS) is 12.5. The van der Waals surface area contributed by atoms with Crippen LogP contribution in [-0.4, -0.2) is 279 Å². The van der Waals surface area contributed by atoms with Crippen LogP contribution in [0.2, 0.25) is 0 Å². The number of para-hydroxylation sites is 2. The summed E-state index contributed by atoms with van der Waals surface area (Å²) in [5.74, 6) is -7.28. The summed E-state index contributed by atoms with van der Waals surface area (Å²) in [5, 5.41) is 5.15. The lowest BCUT2D eigenvalue weighted by molar-refractivity contribution is -0.152. The molecule has 0 unspecified atom stereocenters. The third kappa shape index (κ3) is 31.7. The Morgan fingerprint density at radius 2 is 0.482 bits per heavy atom. The number of aromatic amines is 2. The number of nitrogens with two attached hydrogens (primary N) is 5. The molecular formula is C108H141N19O12. The molecule has 12 amide bonds. The van der Waals surface area contributed by atoms with E-state index in [0.29, 0.717) is 92.3 Å². The van der Waals surface area contributed by atoms with Gasteiger partial charge in [0, 0.05) is 66.9 Å². The topological polar surface area (TPSA) is 414 Å². The van der Waals surface area contributed by atoms with Gasteiger partial charge < -0.3 is 97.9 Å². The van der Waals surface area contributed by atoms with Crippen molar-refractivity contribution in [2.45, 2.75) is 142 Å². The molecular weight excluding hydrogens is 1760 g/mol. The number of hydrogen-bond donors (Lipinski definition) is 8. The van der Waals surface area contributed by atoms with Gasteiger partial charge in [-0.15, -0.1) is 0 Å². The molecule has 8 aromatic carbocycles. The number of H-pyrrole nitrogens is 2. The Morgan fingerprint density at radius 3 is 0.763 bits per heavy atom. The molecule has 0 radical (unpaired) electrons. The van der Waals surface area contributed by atoms with E-state index in [2.05, 4.69) is 15.3 Å². The first-order valence-corrected chi connectivity index (χ1v) is 48.6. The van der Waals surface area contributed by atoms with Crippen LogP contribution < -0.4 is 34.0 Å². The van der Waals surface area contributed by atoms with Gasteiger partial charge >= 0.3 is 0 Å². The average molecular weight is 1900 g/mol. The molecule has 0 fully saturated rings. The van der Waals surface area contributed by atoms with E-state index < -0.39 is 167 Å². The zero-order valence-electron chi connectivity index (χ0n) is 81.4. The highest BCUT2D eigenvalue weighted by Crippen LogP contribution is 2.31. The summed E-state index contributed by atoms with van der Waals surface area (Å²) in [6, 6.07) is 65.2. The van der Waals surface area contributed by atoms with Crippen molar-refractivity contribution in [3.05, 3.63) is 287 Å². The molecule has 13 N–H and O–H groups in total. The molecule has 0 aliphatic heterocycles. The number of hydrogen-bond acceptors (Lipinski definition) is 17. The van der Waals surface area contributed by atoms with Gasteiger partial charge in [0.25, 0.3) is 0 Å². The molecule has 31 nitrogen and oxygen atoms in total. The van der Waals surface area contributed by atoms with Crippen molar-refractivity contribution in [2.24, 2.45) is 28.7 Å². The van der Waals surface area contributed by atoms with E-state index in [1.54, 1.807) is 90.1 Å². The van der Waals surface area contributed by atoms with Crippen molar-refractivity contribution in [3.63, 3.8) is 0 Å². The minimum atomic E-state index is -0.857. The Morgan fingerprint density at radius 1 is 0.259 bits per heavy atom. The number of primary amides is 1. The first-order valence-electron chi connectivity index (χ1n) is 48.6. The number of aromatic nitrogens is 2. The van der Waals surface area contributed by atoms with Gasteiger partial charge in [0.15, 0.2) is 0 Å². The average Bonchev–Trinajstić information content (AvgIpc) is 1.81. The number of carbonyl (C=O) groups is 12. The molecule has 0 aliphatic rings. The fourth-order valence-corrected chi connectivity index (χ4v) is 17.5. The van der Waals surface area contributed by atoms with Crippen LogP contribution in [0.4, 0.5) is 0 Å². The molecule has 0 spiro atoms. The number of carbonyl (C=O) groups excluding carboxylic acids is 12. The van der Waals surface area contributed by atoms with Crippen LogP contribution in [0.5, 0.6) is 0 Å². The monoisotopic (exact) mass is 1900 g/mol. The van der Waals surface area contributed by atoms with E-state index >= 15 is 43.2 Å². The predicted octanol–water partition coefficient (Wildman–Crippen LogP) is 10.1. The second-order valence-electron chi connectivity index (χ2n) is 35.6. The van der Waals surface area contributed by atoms with Crippen molar-refractivity contribution < 1.29 is 57.5 Å². The third-order valence-electron chi connectivity index (χ3n) is 26.0. The fourth-order valence-electron chi connectivity index (χ4n) is 17.5. The molecule has 0 bridgehead atoms. The standard InChI is InChI=1S/C108H141N19O12/c1-79(85-37-13-7-14-38-85)122(68-97(113)128)106(137)76-125(82(4)88-43-19-10-20-44-88)104(135)72-118(61-35-31-57-111)101(132)74-124(81(3)87-41-17-9-18-42-87)108(139)78-127(84(6)90-47-23-12-24-48-90)105(136)73-119(62-36-32-58-112)102(133)75-123(80(2)86-39-15-8-16-40-86)107(138)77-126(83(5)89-45-21-11-22-46-89)103(134)71-117(60-34-30-56-110)99(130)70-121(64-54-92-66-116-96-52-28-26-50-94(92)96)100(131)69-120(98(129)67-114-59-33-29-55-109)63-53-91-65-115-95-51-27-25-49-93(91)95/h7-28,37-52,65-66,79-84,114-116H,29-36,53-64,67-78,109-112H2,1-6H3,(H2,113,128)/t79-,80-,81-,82-,83-,84-/m0/s1. The molecule has 10 rings (SSSR count). The molecule has 740 valence electrons. The highest BCUT2D eigenvalue weighted by molar-refractivity contribution is 5.96. The second-order valence-corrected chi connectivity index (χ2v) is 35.6. The minimum Gasteiger partial charge on any atom is -0.368 e. The quantitative estimate of drug-likeness (QED) is 0.0164. The van der Waals surface area contributed by atoms with Crippen LogP contribution in [-0.2, 0) is 70.4 Å². The molecule has 0 aliphatic carbocycles. The van der Waals surface area contributed by atoms with Crippen LogP contribution in [0, 0.1) is 0 Å². The van der Waals surface area contributed by atoms with Crippen molar-refractivity contribution >= 4 is 92.7 Å². The van der Waals surface area contributed by atoms with Gasteiger partial charge in [-0.1, -0.05) is 218 Å². The largest absolute Gasteiger partial charge is 0.368 e. The maximum absolute atomic E-state index is 16.1. The highest BCUT2D eigenvalue weighted by atomic mass is 16.2. The number of amides is 12. The zero-order valence-corrected chi connectivity index (χ0v) is 81.4. The summed E-state index contributed by atoms with van der Waals surface area (Å²) < 4.78 is 0. The lowest BCUT2D eigenvalue weighted by Crippen LogP contribution is -2.54. The Bertz CT molecular complexity index is 5580. The van der Waals surface area contributed by atoms with Crippen molar-refractivity contribution in [1.82, 2.24) is 69.2 Å². The summed E-state index contributed by atoms with van der Waals surface area (Å²) in [7, 11) is 0. The van der Waals surface area contributed by atoms with Crippen LogP contribution in [0.3, 0.4) is 0 Å². The van der Waals surface area contributed by atoms with Crippen LogP contribution in [0.1, 0.15) is 174 Å². The third-order valence-corrected chi connectivity index (χ3v) is 26.0. The maximum atomic E-state index is 16.1. The Balaban J connectivity index is 0.940. The molecule has 31 heteroatoms. The van der Waals surface area contributed by atoms with Crippen molar-refractivity contribution in [3.8, 4) is 0 Å². The summed E-state index contributed by atoms with van der Waals surface area (Å²) in [5.41, 5.74) is 37.6. The second kappa shape index (κ2) is 55.6. The number of unbranched alkanes of at least 4 members (excludes halogenated alkanes) is 4. The van der Waals surface area contributed by atoms with Gasteiger partial charge in [0.05, 0.1) is 82.1 Å². The zero-order chi connectivity index (χ0) is 99.7. The Kier molecular flexibility index (Phi) is 42.9. The van der Waals surface area contributed by atoms with E-state index in [9.17, 15) is 14.4 Å². The number of benzene rings is 8. The SMILES string of the molecule is C[C@@H](c1ccccc1)N(CC(N)=O)C(=O)CN(C(=O)CN(CCCCN)C(=O)CN(C(=O)CN(C(=O)CN(CCCCN)C(=O)CN(C(=O)CN(C(=O)CN(CCCCN)C(=O)CN(CCc1c[nH]c2ccccc12)C(=O)CN(CCc1c[nH]c2ccccc12)C(=O)CNCCCCN)[C@@H](C)c1ccccc1)[C@@H](C)c1ccccc1)[C@@H](C)c1ccccc1)[C@@H](C)c1ccccc1)[C@@H](C)c1ccccc1. The smallest absolute Gasteiger partial charge is 0.243 e. The lowest BCUT2D eigenvalue weighted by atomic mass is 10.0. The van der Waals surface area contributed by atoms with Gasteiger partial charge in [-0.05, 0) is 195 Å². The predicted molar refractivity (Wildman–Crippen MR) is 542 cm³/mol. The maximum Gasteiger partial charge on any atom is 0.243 e. The number of rotatable bonds is 58. The van der Waals surface area contributed by atoms with Gasteiger partial charge in [0.1, 0.15) is 32.7 Å². The summed E-state index contributed by atoms with van der Waals surface area (Å²) >= 11 is 0. The molecule has 0 saturated heterocycles. The van der Waals surface area contributed by atoms with Crippen LogP contribution >= 0.6 is 0 Å². The number of fused-ring (bicyclic) bond motifs is 2. The number of nitrogens with zero attached hydrogens (tertiary/aromatic N) is 11. The van der Waals surface area contributed by atoms with Crippen molar-refractivity contribution in [1.29, 1.82) is 0 Å². The summed E-state index contributed by atoms with van der Waals surface area (Å²) in [4.78, 5) is 206. The van der Waals surface area contributed by atoms with E-state index in [-0.39, 0.29) is 71.4 Å². The van der Waals surface area contributed by atoms with E-state index in [1.807, 2.05) is 194 Å². The fraction of sp³-hybridized carbons (Fsp3) is 0.407. The van der Waals surface area contributed by atoms with Gasteiger partial charge in [-0.3, -0.25) is 57.5 Å². The van der Waals surface area contributed by atoms with Gasteiger partial charge in [-0.2, -0.15) is 0 Å². The van der Waals surface area contributed by atoms with Crippen LogP contribution in [0.25, 0.3) is 21.8 Å². The molecule has 6 atom stereocenters. The van der Waals surface area contributed by atoms with E-state index in [4.69, 9.17) is 28.7 Å². The van der Waals surface area contributed by atoms with Gasteiger partial charge in [-0.25, -0.2) is 0 Å². The minimum absolute atomic E-state index is 0.0119. The first-order chi connectivity index (χ1) is 67.2. The molecule has 2 aromatic heterocycles. The summed E-state index contributed by atoms with van der Waals surface area (Å²) in [6.45, 7) is 6.53. The van der Waals surface area contributed by atoms with E-state index in [1.165, 1.54) is 53.9 Å². The molecule has 0 saturated carbocycles. The van der Waals surface area contributed by atoms with Crippen LogP contribution in [0.15, 0.2) is 243 Å². The van der Waals surface area contributed by atoms with Crippen molar-refractivity contribution in [2.75, 3.05) is 144 Å². The van der Waals surface area contributed by atoms with E-state index in [0.717, 1.165) is 51.3 Å². The van der Waals surface area contributed by atoms with Gasteiger partial charge in [0.2, 0.25) is 70.9 Å². The molecule has 139 heavy (non-hydrogen) atoms. The highest BCUT2D eigenvalue weighted by Gasteiger charge is 2.39. The molecule has 2 heterocycles. The number of nitrogens with one attached hydrogen (secondary N) is 3. The Hall–Kier alpha value is -13.7.